The van der Waals surface area contributed by atoms with Crippen LogP contribution in [0.4, 0.5) is 4.39 Å². The van der Waals surface area contributed by atoms with Gasteiger partial charge in [0.15, 0.2) is 0 Å². The Balaban J connectivity index is 2.83. The fourth-order valence-electron chi connectivity index (χ4n) is 1.60. The lowest BCUT2D eigenvalue weighted by Gasteiger charge is -2.05. The highest BCUT2D eigenvalue weighted by Gasteiger charge is 2.05. The van der Waals surface area contributed by atoms with E-state index in [0.29, 0.717) is 16.6 Å². The van der Waals surface area contributed by atoms with E-state index in [0.717, 1.165) is 5.56 Å². The van der Waals surface area contributed by atoms with Gasteiger partial charge in [-0.05, 0) is 30.7 Å². The van der Waals surface area contributed by atoms with Crippen molar-refractivity contribution in [1.29, 1.82) is 0 Å². The summed E-state index contributed by atoms with van der Waals surface area (Å²) in [5, 5.41) is 10.3. The Labute approximate surface area is 81.0 Å². The monoisotopic (exact) mass is 191 g/mol. The molecule has 0 saturated heterocycles. The zero-order valence-electron chi connectivity index (χ0n) is 7.79. The van der Waals surface area contributed by atoms with E-state index in [4.69, 9.17) is 0 Å². The van der Waals surface area contributed by atoms with E-state index in [1.165, 1.54) is 0 Å². The maximum absolute atomic E-state index is 12.4. The molecule has 0 amide bonds. The van der Waals surface area contributed by atoms with Crippen molar-refractivity contribution in [3.8, 4) is 5.75 Å². The van der Waals surface area contributed by atoms with Crippen molar-refractivity contribution in [1.82, 2.24) is 4.98 Å². The predicted octanol–water partition coefficient (Wildman–Crippen LogP) is 2.72. The smallest absolute Gasteiger partial charge is 0.131 e. The van der Waals surface area contributed by atoms with Crippen molar-refractivity contribution in [3.63, 3.8) is 0 Å². The number of phenolic OH excluding ortho intramolecular Hbond substituents is 1. The fraction of sp³-hybridized carbons (Fsp3) is 0.182. The highest BCUT2D eigenvalue weighted by atomic mass is 19.1. The van der Waals surface area contributed by atoms with Crippen LogP contribution in [0.3, 0.4) is 0 Å². The molecule has 1 N–H and O–H groups in total. The molecule has 1 aromatic carbocycles. The summed E-state index contributed by atoms with van der Waals surface area (Å²) in [5.41, 5.74) is 1.89. The molecule has 2 nitrogen and oxygen atoms in total. The molecule has 0 radical (unpaired) electrons. The summed E-state index contributed by atoms with van der Waals surface area (Å²) in [5.74, 6) is 0.193. The van der Waals surface area contributed by atoms with Crippen molar-refractivity contribution in [2.45, 2.75) is 13.6 Å². The first-order valence-corrected chi connectivity index (χ1v) is 4.36. The van der Waals surface area contributed by atoms with Gasteiger partial charge in [0.05, 0.1) is 11.2 Å². The van der Waals surface area contributed by atoms with Crippen molar-refractivity contribution < 1.29 is 9.50 Å². The molecule has 2 aromatic rings. The summed E-state index contributed by atoms with van der Waals surface area (Å²) < 4.78 is 12.4. The van der Waals surface area contributed by atoms with E-state index in [9.17, 15) is 9.50 Å². The van der Waals surface area contributed by atoms with E-state index < -0.39 is 6.67 Å². The number of benzene rings is 1. The Hall–Kier alpha value is -1.64. The van der Waals surface area contributed by atoms with Gasteiger partial charge in [-0.1, -0.05) is 6.07 Å². The van der Waals surface area contributed by atoms with Crippen molar-refractivity contribution >= 4 is 10.9 Å². The molecule has 0 spiro atoms. The number of aryl methyl sites for hydroxylation is 1. The van der Waals surface area contributed by atoms with Gasteiger partial charge in [0.1, 0.15) is 12.4 Å². The summed E-state index contributed by atoms with van der Waals surface area (Å²) in [6.45, 7) is 1.26. The molecule has 1 heterocycles. The lowest BCUT2D eigenvalue weighted by Crippen LogP contribution is -1.90. The van der Waals surface area contributed by atoms with Gasteiger partial charge >= 0.3 is 0 Å². The summed E-state index contributed by atoms with van der Waals surface area (Å²) in [7, 11) is 0. The highest BCUT2D eigenvalue weighted by Crippen LogP contribution is 2.26. The van der Waals surface area contributed by atoms with E-state index in [1.54, 1.807) is 24.3 Å². The third-order valence-corrected chi connectivity index (χ3v) is 2.20. The Bertz CT molecular complexity index is 482. The third-order valence-electron chi connectivity index (χ3n) is 2.20. The van der Waals surface area contributed by atoms with Crippen LogP contribution in [-0.2, 0) is 6.67 Å². The number of alkyl halides is 1. The standard InChI is InChI=1S/C11H10FNO/c1-7-5-8(6-12)13-9-3-2-4-10(14)11(7)9/h2-5,14H,6H2,1H3. The third kappa shape index (κ3) is 1.31. The number of hydrogen-bond donors (Lipinski definition) is 1. The summed E-state index contributed by atoms with van der Waals surface area (Å²) in [6, 6.07) is 6.72. The number of aromatic nitrogens is 1. The number of rotatable bonds is 1. The van der Waals surface area contributed by atoms with Crippen LogP contribution in [0.2, 0.25) is 0 Å². The Kier molecular flexibility index (Phi) is 2.08. The molecule has 0 saturated carbocycles. The summed E-state index contributed by atoms with van der Waals surface area (Å²) >= 11 is 0. The molecular formula is C11H10FNO. The van der Waals surface area contributed by atoms with Gasteiger partial charge in [-0.25, -0.2) is 9.37 Å². The molecule has 0 aliphatic carbocycles. The first kappa shape index (κ1) is 8.94. The van der Waals surface area contributed by atoms with Crippen LogP contribution in [0.5, 0.6) is 5.75 Å². The fourth-order valence-corrected chi connectivity index (χ4v) is 1.60. The van der Waals surface area contributed by atoms with Crippen LogP contribution < -0.4 is 0 Å². The molecule has 0 aliphatic heterocycles. The van der Waals surface area contributed by atoms with Crippen molar-refractivity contribution in [2.75, 3.05) is 0 Å². The Morgan fingerprint density at radius 2 is 2.21 bits per heavy atom. The minimum absolute atomic E-state index is 0.193. The number of hydrogen-bond acceptors (Lipinski definition) is 2. The van der Waals surface area contributed by atoms with Crippen LogP contribution in [0, 0.1) is 6.92 Å². The maximum Gasteiger partial charge on any atom is 0.131 e. The Morgan fingerprint density at radius 1 is 1.43 bits per heavy atom. The van der Waals surface area contributed by atoms with Crippen LogP contribution in [0.1, 0.15) is 11.3 Å². The van der Waals surface area contributed by atoms with Gasteiger partial charge in [0, 0.05) is 5.39 Å². The minimum atomic E-state index is -0.577. The zero-order chi connectivity index (χ0) is 10.1. The Morgan fingerprint density at radius 3 is 2.93 bits per heavy atom. The molecule has 0 unspecified atom stereocenters. The van der Waals surface area contributed by atoms with Gasteiger partial charge in [-0.15, -0.1) is 0 Å². The molecule has 3 heteroatoms. The predicted molar refractivity (Wildman–Crippen MR) is 53.0 cm³/mol. The lowest BCUT2D eigenvalue weighted by atomic mass is 10.1. The molecular weight excluding hydrogens is 181 g/mol. The number of pyridine rings is 1. The average Bonchev–Trinajstić information content (AvgIpc) is 2.17. The normalized spacial score (nSPS) is 10.7. The van der Waals surface area contributed by atoms with Crippen molar-refractivity contribution in [3.05, 3.63) is 35.5 Å². The second kappa shape index (κ2) is 3.25. The maximum atomic E-state index is 12.4. The second-order valence-electron chi connectivity index (χ2n) is 3.24. The van der Waals surface area contributed by atoms with Crippen LogP contribution in [0.25, 0.3) is 10.9 Å². The highest BCUT2D eigenvalue weighted by molar-refractivity contribution is 5.88. The largest absolute Gasteiger partial charge is 0.507 e. The number of nitrogens with zero attached hydrogens (tertiary/aromatic N) is 1. The zero-order valence-corrected chi connectivity index (χ0v) is 7.79. The first-order valence-electron chi connectivity index (χ1n) is 4.36. The van der Waals surface area contributed by atoms with Gasteiger partial charge in [-0.2, -0.15) is 0 Å². The topological polar surface area (TPSA) is 33.1 Å². The molecule has 72 valence electrons. The van der Waals surface area contributed by atoms with Gasteiger partial charge in [0.2, 0.25) is 0 Å². The first-order chi connectivity index (χ1) is 6.72. The van der Waals surface area contributed by atoms with E-state index >= 15 is 0 Å². The summed E-state index contributed by atoms with van der Waals surface area (Å²) in [4.78, 5) is 4.08. The quantitative estimate of drug-likeness (QED) is 0.751. The van der Waals surface area contributed by atoms with Crippen LogP contribution in [-0.4, -0.2) is 10.1 Å². The SMILES string of the molecule is Cc1cc(CF)nc2cccc(O)c12. The molecule has 0 fully saturated rings. The minimum Gasteiger partial charge on any atom is -0.507 e. The molecule has 2 rings (SSSR count). The number of aromatic hydroxyl groups is 1. The number of halogens is 1. The molecule has 0 atom stereocenters. The number of phenols is 1. The summed E-state index contributed by atoms with van der Waals surface area (Å²) in [6.07, 6.45) is 0. The van der Waals surface area contributed by atoms with Crippen LogP contribution in [0.15, 0.2) is 24.3 Å². The van der Waals surface area contributed by atoms with Gasteiger partial charge < -0.3 is 5.11 Å². The number of fused-ring (bicyclic) bond motifs is 1. The van der Waals surface area contributed by atoms with Gasteiger partial charge in [0.25, 0.3) is 0 Å². The molecule has 0 bridgehead atoms. The second-order valence-corrected chi connectivity index (χ2v) is 3.24. The average molecular weight is 191 g/mol. The lowest BCUT2D eigenvalue weighted by molar-refractivity contribution is 0.475. The van der Waals surface area contributed by atoms with E-state index in [-0.39, 0.29) is 5.75 Å². The van der Waals surface area contributed by atoms with E-state index in [2.05, 4.69) is 4.98 Å². The van der Waals surface area contributed by atoms with Gasteiger partial charge in [-0.3, -0.25) is 0 Å². The van der Waals surface area contributed by atoms with Crippen LogP contribution >= 0.6 is 0 Å². The molecule has 1 aromatic heterocycles. The molecule has 0 aliphatic rings. The van der Waals surface area contributed by atoms with Crippen molar-refractivity contribution in [2.24, 2.45) is 0 Å². The van der Waals surface area contributed by atoms with E-state index in [1.807, 2.05) is 6.92 Å². The molecule has 14 heavy (non-hydrogen) atoms.